The van der Waals surface area contributed by atoms with Crippen LogP contribution in [0.5, 0.6) is 0 Å². The second kappa shape index (κ2) is 4.54. The van der Waals surface area contributed by atoms with Crippen LogP contribution in [0.1, 0.15) is 19.4 Å². The van der Waals surface area contributed by atoms with Crippen LogP contribution >= 0.6 is 27.5 Å². The Morgan fingerprint density at radius 3 is 2.53 bits per heavy atom. The third kappa shape index (κ3) is 3.50. The number of alkyl halides is 1. The van der Waals surface area contributed by atoms with Crippen molar-refractivity contribution in [2.24, 2.45) is 0 Å². The first-order valence-electron chi connectivity index (χ1n) is 4.57. The third-order valence-electron chi connectivity index (χ3n) is 1.91. The number of nitrogens with one attached hydrogen (secondary N) is 1. The van der Waals surface area contributed by atoms with Crippen molar-refractivity contribution in [3.05, 3.63) is 28.8 Å². The van der Waals surface area contributed by atoms with Gasteiger partial charge >= 0.3 is 0 Å². The van der Waals surface area contributed by atoms with E-state index in [1.54, 1.807) is 19.9 Å². The minimum Gasteiger partial charge on any atom is -0.324 e. The molecule has 0 fully saturated rings. The standard InChI is InChI=1S/C11H13BrClNO/c1-7-4-5-9(8(13)6-7)14-10(15)11(2,3)12/h4-6H,1-3H3,(H,14,15). The van der Waals surface area contributed by atoms with Gasteiger partial charge in [0.1, 0.15) is 0 Å². The number of amides is 1. The molecular weight excluding hydrogens is 277 g/mol. The molecule has 2 nitrogen and oxygen atoms in total. The van der Waals surface area contributed by atoms with Gasteiger partial charge in [-0.05, 0) is 38.5 Å². The number of benzene rings is 1. The smallest absolute Gasteiger partial charge is 0.240 e. The van der Waals surface area contributed by atoms with Gasteiger partial charge in [0.25, 0.3) is 0 Å². The molecule has 1 aromatic rings. The fourth-order valence-corrected chi connectivity index (χ4v) is 1.37. The summed E-state index contributed by atoms with van der Waals surface area (Å²) >= 11 is 9.28. The quantitative estimate of drug-likeness (QED) is 0.826. The number of carbonyl (C=O) groups excluding carboxylic acids is 1. The normalized spacial score (nSPS) is 11.3. The molecular formula is C11H13BrClNO. The molecule has 0 radical (unpaired) electrons. The van der Waals surface area contributed by atoms with Crippen LogP contribution in [0.4, 0.5) is 5.69 Å². The van der Waals surface area contributed by atoms with E-state index in [1.807, 2.05) is 19.1 Å². The maximum Gasteiger partial charge on any atom is 0.240 e. The van der Waals surface area contributed by atoms with Crippen molar-refractivity contribution in [3.8, 4) is 0 Å². The van der Waals surface area contributed by atoms with Crippen LogP contribution in [0.3, 0.4) is 0 Å². The minimum atomic E-state index is -0.596. The van der Waals surface area contributed by atoms with Gasteiger partial charge in [-0.3, -0.25) is 4.79 Å². The summed E-state index contributed by atoms with van der Waals surface area (Å²) in [6, 6.07) is 5.52. The molecule has 0 aliphatic rings. The van der Waals surface area contributed by atoms with Crippen molar-refractivity contribution in [2.75, 3.05) is 5.32 Å². The first kappa shape index (κ1) is 12.5. The summed E-state index contributed by atoms with van der Waals surface area (Å²) in [6.07, 6.45) is 0. The molecule has 0 saturated heterocycles. The van der Waals surface area contributed by atoms with Gasteiger partial charge in [0.15, 0.2) is 0 Å². The molecule has 1 N–H and O–H groups in total. The first-order chi connectivity index (χ1) is 6.80. The molecule has 4 heteroatoms. The van der Waals surface area contributed by atoms with E-state index >= 15 is 0 Å². The molecule has 0 heterocycles. The third-order valence-corrected chi connectivity index (χ3v) is 2.59. The van der Waals surface area contributed by atoms with E-state index in [0.29, 0.717) is 10.7 Å². The fraction of sp³-hybridized carbons (Fsp3) is 0.364. The molecule has 0 unspecified atom stereocenters. The van der Waals surface area contributed by atoms with Crippen molar-refractivity contribution in [3.63, 3.8) is 0 Å². The molecule has 0 aliphatic heterocycles. The lowest BCUT2D eigenvalue weighted by Crippen LogP contribution is -2.31. The van der Waals surface area contributed by atoms with Crippen LogP contribution in [0.2, 0.25) is 5.02 Å². The number of halogens is 2. The largest absolute Gasteiger partial charge is 0.324 e. The molecule has 0 atom stereocenters. The summed E-state index contributed by atoms with van der Waals surface area (Å²) in [4.78, 5) is 11.7. The number of rotatable bonds is 2. The van der Waals surface area contributed by atoms with Crippen LogP contribution in [-0.2, 0) is 4.79 Å². The average Bonchev–Trinajstić information content (AvgIpc) is 2.08. The highest BCUT2D eigenvalue weighted by Gasteiger charge is 2.23. The summed E-state index contributed by atoms with van der Waals surface area (Å²) in [5.41, 5.74) is 1.70. The minimum absolute atomic E-state index is 0.117. The van der Waals surface area contributed by atoms with Crippen LogP contribution in [0.25, 0.3) is 0 Å². The van der Waals surface area contributed by atoms with Crippen LogP contribution in [-0.4, -0.2) is 10.2 Å². The Morgan fingerprint density at radius 2 is 2.07 bits per heavy atom. The summed E-state index contributed by atoms with van der Waals surface area (Å²) in [7, 11) is 0. The molecule has 15 heavy (non-hydrogen) atoms. The van der Waals surface area contributed by atoms with Gasteiger partial charge < -0.3 is 5.32 Å². The van der Waals surface area contributed by atoms with Gasteiger partial charge in [0.2, 0.25) is 5.91 Å². The second-order valence-corrected chi connectivity index (χ2v) is 6.30. The molecule has 1 amide bonds. The Balaban J connectivity index is 2.87. The lowest BCUT2D eigenvalue weighted by atomic mass is 10.2. The zero-order valence-corrected chi connectivity index (χ0v) is 11.2. The van der Waals surface area contributed by atoms with E-state index in [9.17, 15) is 4.79 Å². The SMILES string of the molecule is Cc1ccc(NC(=O)C(C)(C)Br)c(Cl)c1. The number of hydrogen-bond donors (Lipinski definition) is 1. The maximum absolute atomic E-state index is 11.7. The number of aryl methyl sites for hydroxylation is 1. The van der Waals surface area contributed by atoms with E-state index in [2.05, 4.69) is 21.2 Å². The van der Waals surface area contributed by atoms with E-state index < -0.39 is 4.32 Å². The summed E-state index contributed by atoms with van der Waals surface area (Å²) in [5, 5.41) is 3.32. The van der Waals surface area contributed by atoms with Crippen LogP contribution in [0.15, 0.2) is 18.2 Å². The van der Waals surface area contributed by atoms with E-state index in [0.717, 1.165) is 5.56 Å². The van der Waals surface area contributed by atoms with Gasteiger partial charge in [-0.15, -0.1) is 0 Å². The van der Waals surface area contributed by atoms with Gasteiger partial charge in [0.05, 0.1) is 15.0 Å². The van der Waals surface area contributed by atoms with Crippen molar-refractivity contribution in [1.82, 2.24) is 0 Å². The molecule has 0 saturated carbocycles. The number of carbonyl (C=O) groups is 1. The zero-order chi connectivity index (χ0) is 11.6. The maximum atomic E-state index is 11.7. The van der Waals surface area contributed by atoms with Crippen molar-refractivity contribution >= 4 is 39.1 Å². The lowest BCUT2D eigenvalue weighted by Gasteiger charge is -2.16. The predicted molar refractivity (Wildman–Crippen MR) is 67.8 cm³/mol. The lowest BCUT2D eigenvalue weighted by molar-refractivity contribution is -0.117. The Morgan fingerprint density at radius 1 is 1.47 bits per heavy atom. The van der Waals surface area contributed by atoms with Gasteiger partial charge in [-0.2, -0.15) is 0 Å². The Labute approximate surface area is 103 Å². The molecule has 1 aromatic carbocycles. The summed E-state index contributed by atoms with van der Waals surface area (Å²) in [6.45, 7) is 5.51. The molecule has 0 spiro atoms. The fourth-order valence-electron chi connectivity index (χ4n) is 0.992. The van der Waals surface area contributed by atoms with Crippen LogP contribution < -0.4 is 5.32 Å². The number of hydrogen-bond acceptors (Lipinski definition) is 1. The Hall–Kier alpha value is -0.540. The highest BCUT2D eigenvalue weighted by molar-refractivity contribution is 9.10. The predicted octanol–water partition coefficient (Wildman–Crippen LogP) is 3.76. The molecule has 82 valence electrons. The summed E-state index contributed by atoms with van der Waals surface area (Å²) < 4.78 is -0.596. The summed E-state index contributed by atoms with van der Waals surface area (Å²) in [5.74, 6) is -0.117. The van der Waals surface area contributed by atoms with Gasteiger partial charge in [0, 0.05) is 0 Å². The average molecular weight is 291 g/mol. The van der Waals surface area contributed by atoms with E-state index in [-0.39, 0.29) is 5.91 Å². The Bertz CT molecular complexity index is 385. The van der Waals surface area contributed by atoms with Gasteiger partial charge in [-0.25, -0.2) is 0 Å². The van der Waals surface area contributed by atoms with E-state index in [4.69, 9.17) is 11.6 Å². The zero-order valence-electron chi connectivity index (χ0n) is 8.90. The topological polar surface area (TPSA) is 29.1 Å². The Kier molecular flexibility index (Phi) is 3.79. The van der Waals surface area contributed by atoms with Crippen molar-refractivity contribution in [2.45, 2.75) is 25.1 Å². The highest BCUT2D eigenvalue weighted by atomic mass is 79.9. The highest BCUT2D eigenvalue weighted by Crippen LogP contribution is 2.25. The van der Waals surface area contributed by atoms with E-state index in [1.165, 1.54) is 0 Å². The van der Waals surface area contributed by atoms with Crippen molar-refractivity contribution in [1.29, 1.82) is 0 Å². The monoisotopic (exact) mass is 289 g/mol. The van der Waals surface area contributed by atoms with Crippen molar-refractivity contribution < 1.29 is 4.79 Å². The second-order valence-electron chi connectivity index (χ2n) is 3.91. The molecule has 0 aromatic heterocycles. The first-order valence-corrected chi connectivity index (χ1v) is 5.74. The van der Waals surface area contributed by atoms with Crippen LogP contribution in [0, 0.1) is 6.92 Å². The molecule has 1 rings (SSSR count). The molecule has 0 aliphatic carbocycles. The number of anilines is 1. The van der Waals surface area contributed by atoms with Gasteiger partial charge in [-0.1, -0.05) is 33.6 Å². The molecule has 0 bridgehead atoms.